The Morgan fingerprint density at radius 3 is 2.79 bits per heavy atom. The van der Waals surface area contributed by atoms with Crippen molar-refractivity contribution in [3.05, 3.63) is 78.1 Å². The third-order valence-corrected chi connectivity index (χ3v) is 6.81. The van der Waals surface area contributed by atoms with Gasteiger partial charge in [0.05, 0.1) is 18.8 Å². The number of hydrogen-bond acceptors (Lipinski definition) is 10. The molecule has 198 valence electrons. The second-order valence-electron chi connectivity index (χ2n) is 9.35. The number of nitrogens with one attached hydrogen (secondary N) is 1. The average Bonchev–Trinajstić information content (AvgIpc) is 3.75. The van der Waals surface area contributed by atoms with E-state index in [1.165, 1.54) is 0 Å². The van der Waals surface area contributed by atoms with Gasteiger partial charge >= 0.3 is 0 Å². The van der Waals surface area contributed by atoms with E-state index in [0.29, 0.717) is 29.2 Å². The molecule has 0 spiro atoms. The first-order chi connectivity index (χ1) is 19.1. The van der Waals surface area contributed by atoms with Gasteiger partial charge in [-0.3, -0.25) is 20.0 Å². The summed E-state index contributed by atoms with van der Waals surface area (Å²) >= 11 is 0. The van der Waals surface area contributed by atoms with Crippen molar-refractivity contribution in [2.45, 2.75) is 39.2 Å². The van der Waals surface area contributed by atoms with Gasteiger partial charge in [-0.15, -0.1) is 0 Å². The predicted octanol–water partition coefficient (Wildman–Crippen LogP) is 5.34. The summed E-state index contributed by atoms with van der Waals surface area (Å²) in [6.45, 7) is 4.88. The zero-order chi connectivity index (χ0) is 26.8. The first kappa shape index (κ1) is 24.5. The summed E-state index contributed by atoms with van der Waals surface area (Å²) in [5.41, 5.74) is 4.37. The highest BCUT2D eigenvalue weighted by molar-refractivity contribution is 5.73. The Balaban J connectivity index is 1.38. The Labute approximate surface area is 225 Å². The number of aryl methyl sites for hydroxylation is 2. The van der Waals surface area contributed by atoms with Crippen LogP contribution >= 0.6 is 0 Å². The SMILES string of the molecule is CCc1nccnc1-c1cc([C@@H]2CCCN2c2nc(OC)cc(N(c3cccc(C)c3)c3cc[nH]n3)n2)on1. The Morgan fingerprint density at radius 2 is 2.00 bits per heavy atom. The maximum atomic E-state index is 5.86. The van der Waals surface area contributed by atoms with Crippen molar-refractivity contribution in [1.82, 2.24) is 35.3 Å². The van der Waals surface area contributed by atoms with Gasteiger partial charge in [0.1, 0.15) is 17.2 Å². The number of ether oxygens (including phenoxy) is 1. The van der Waals surface area contributed by atoms with Gasteiger partial charge in [-0.25, -0.2) is 0 Å². The fourth-order valence-corrected chi connectivity index (χ4v) is 4.97. The van der Waals surface area contributed by atoms with Crippen molar-refractivity contribution in [3.8, 4) is 17.3 Å². The molecule has 1 atom stereocenters. The molecule has 6 rings (SSSR count). The van der Waals surface area contributed by atoms with Crippen LogP contribution in [0, 0.1) is 6.92 Å². The van der Waals surface area contributed by atoms with Crippen molar-refractivity contribution in [2.75, 3.05) is 23.5 Å². The van der Waals surface area contributed by atoms with Crippen LogP contribution in [0.15, 0.2) is 65.6 Å². The Kier molecular flexibility index (Phi) is 6.62. The number of H-pyrrole nitrogens is 1. The molecule has 11 heteroatoms. The lowest BCUT2D eigenvalue weighted by atomic mass is 10.1. The lowest BCUT2D eigenvalue weighted by Gasteiger charge is -2.26. The molecule has 1 N–H and O–H groups in total. The molecular formula is C28H29N9O2. The minimum absolute atomic E-state index is 0.0780. The molecule has 39 heavy (non-hydrogen) atoms. The quantitative estimate of drug-likeness (QED) is 0.285. The van der Waals surface area contributed by atoms with E-state index in [4.69, 9.17) is 19.2 Å². The zero-order valence-corrected chi connectivity index (χ0v) is 22.1. The van der Waals surface area contributed by atoms with Gasteiger partial charge in [0.15, 0.2) is 11.6 Å². The second kappa shape index (κ2) is 10.5. The summed E-state index contributed by atoms with van der Waals surface area (Å²) in [5, 5.41) is 11.7. The summed E-state index contributed by atoms with van der Waals surface area (Å²) in [6.07, 6.45) is 7.76. The Bertz CT molecular complexity index is 1570. The van der Waals surface area contributed by atoms with Crippen molar-refractivity contribution >= 4 is 23.3 Å². The van der Waals surface area contributed by atoms with Crippen LogP contribution in [0.1, 0.15) is 42.8 Å². The largest absolute Gasteiger partial charge is 0.481 e. The highest BCUT2D eigenvalue weighted by atomic mass is 16.5. The maximum Gasteiger partial charge on any atom is 0.231 e. The standard InChI is InChI=1S/C28H29N9O2/c1-4-20-27(30-13-12-29-20)21-16-23(39-35-21)22-9-6-14-36(22)28-32-25(17-26(33-28)38-3)37(24-10-11-31-34-24)19-8-5-7-18(2)15-19/h5,7-8,10-13,15-17,22H,4,6,9,14H2,1-3H3,(H,31,34)/t22-/m0/s1. The van der Waals surface area contributed by atoms with Crippen LogP contribution in [0.5, 0.6) is 5.88 Å². The molecule has 4 aromatic heterocycles. The third kappa shape index (κ3) is 4.78. The van der Waals surface area contributed by atoms with Gasteiger partial charge in [0.2, 0.25) is 11.8 Å². The summed E-state index contributed by atoms with van der Waals surface area (Å²) in [4.78, 5) is 22.8. The molecule has 5 heterocycles. The molecule has 0 aliphatic carbocycles. The van der Waals surface area contributed by atoms with E-state index >= 15 is 0 Å². The molecule has 11 nitrogen and oxygen atoms in total. The van der Waals surface area contributed by atoms with E-state index < -0.39 is 0 Å². The van der Waals surface area contributed by atoms with Gasteiger partial charge < -0.3 is 14.2 Å². The molecular weight excluding hydrogens is 494 g/mol. The number of rotatable bonds is 8. The number of methoxy groups -OCH3 is 1. The summed E-state index contributed by atoms with van der Waals surface area (Å²) < 4.78 is 11.5. The molecule has 0 bridgehead atoms. The highest BCUT2D eigenvalue weighted by Gasteiger charge is 2.33. The number of aromatic amines is 1. The number of hydrogen-bond donors (Lipinski definition) is 1. The van der Waals surface area contributed by atoms with Gasteiger partial charge in [0.25, 0.3) is 0 Å². The summed E-state index contributed by atoms with van der Waals surface area (Å²) in [6, 6.07) is 13.8. The first-order valence-corrected chi connectivity index (χ1v) is 13.0. The van der Waals surface area contributed by atoms with Crippen LogP contribution in [0.3, 0.4) is 0 Å². The highest BCUT2D eigenvalue weighted by Crippen LogP contribution is 2.39. The minimum Gasteiger partial charge on any atom is -0.481 e. The first-order valence-electron chi connectivity index (χ1n) is 13.0. The number of nitrogens with zero attached hydrogens (tertiary/aromatic N) is 8. The van der Waals surface area contributed by atoms with Gasteiger partial charge in [-0.2, -0.15) is 15.1 Å². The van der Waals surface area contributed by atoms with Gasteiger partial charge in [-0.05, 0) is 43.9 Å². The summed E-state index contributed by atoms with van der Waals surface area (Å²) in [5.74, 6) is 3.10. The van der Waals surface area contributed by atoms with Crippen LogP contribution in [0.2, 0.25) is 0 Å². The normalized spacial score (nSPS) is 15.1. The van der Waals surface area contributed by atoms with E-state index in [0.717, 1.165) is 54.2 Å². The Hall–Kier alpha value is -4.80. The number of anilines is 4. The third-order valence-electron chi connectivity index (χ3n) is 6.81. The van der Waals surface area contributed by atoms with Crippen molar-refractivity contribution in [3.63, 3.8) is 0 Å². The van der Waals surface area contributed by atoms with Crippen LogP contribution in [0.25, 0.3) is 11.4 Å². The molecule has 0 radical (unpaired) electrons. The average molecular weight is 524 g/mol. The molecule has 0 unspecified atom stereocenters. The minimum atomic E-state index is -0.0780. The lowest BCUT2D eigenvalue weighted by Crippen LogP contribution is -2.25. The second-order valence-corrected chi connectivity index (χ2v) is 9.35. The number of aromatic nitrogens is 7. The van der Waals surface area contributed by atoms with Gasteiger partial charge in [0, 0.05) is 49.0 Å². The zero-order valence-electron chi connectivity index (χ0n) is 22.1. The summed E-state index contributed by atoms with van der Waals surface area (Å²) in [7, 11) is 1.61. The molecule has 1 aliphatic heterocycles. The molecule has 1 aliphatic rings. The maximum absolute atomic E-state index is 5.86. The molecule has 5 aromatic rings. The van der Waals surface area contributed by atoms with Crippen LogP contribution in [-0.4, -0.2) is 48.9 Å². The molecule has 1 aromatic carbocycles. The van der Waals surface area contributed by atoms with Crippen molar-refractivity contribution < 1.29 is 9.26 Å². The predicted molar refractivity (Wildman–Crippen MR) is 146 cm³/mol. The molecule has 0 amide bonds. The van der Waals surface area contributed by atoms with Crippen LogP contribution in [-0.2, 0) is 6.42 Å². The van der Waals surface area contributed by atoms with E-state index in [-0.39, 0.29) is 6.04 Å². The van der Waals surface area contributed by atoms with Crippen molar-refractivity contribution in [1.29, 1.82) is 0 Å². The van der Waals surface area contributed by atoms with Crippen molar-refractivity contribution in [2.24, 2.45) is 0 Å². The Morgan fingerprint density at radius 1 is 1.10 bits per heavy atom. The van der Waals surface area contributed by atoms with Crippen LogP contribution in [0.4, 0.5) is 23.3 Å². The lowest BCUT2D eigenvalue weighted by molar-refractivity contribution is 0.361. The van der Waals surface area contributed by atoms with E-state index in [2.05, 4.69) is 49.3 Å². The smallest absolute Gasteiger partial charge is 0.231 e. The molecule has 1 fully saturated rings. The number of benzene rings is 1. The molecule has 0 saturated carbocycles. The molecule has 1 saturated heterocycles. The topological polar surface area (TPSA) is 122 Å². The van der Waals surface area contributed by atoms with E-state index in [1.807, 2.05) is 42.2 Å². The fourth-order valence-electron chi connectivity index (χ4n) is 4.97. The monoisotopic (exact) mass is 523 g/mol. The van der Waals surface area contributed by atoms with Crippen LogP contribution < -0.4 is 14.5 Å². The van der Waals surface area contributed by atoms with Gasteiger partial charge in [-0.1, -0.05) is 24.2 Å². The van der Waals surface area contributed by atoms with E-state index in [1.54, 1.807) is 25.7 Å². The van der Waals surface area contributed by atoms with E-state index in [9.17, 15) is 0 Å². The fraction of sp³-hybridized carbons (Fsp3) is 0.286.